The number of halogens is 2. The van der Waals surface area contributed by atoms with Gasteiger partial charge in [-0.15, -0.1) is 0 Å². The molecule has 7 nitrogen and oxygen atoms in total. The van der Waals surface area contributed by atoms with E-state index in [4.69, 9.17) is 10.5 Å². The van der Waals surface area contributed by atoms with Gasteiger partial charge in [-0.1, -0.05) is 12.1 Å². The van der Waals surface area contributed by atoms with E-state index < -0.39 is 34.9 Å². The highest BCUT2D eigenvalue weighted by Gasteiger charge is 2.27. The smallest absolute Gasteiger partial charge is 0.277 e. The Balaban J connectivity index is 1.88. The minimum atomic E-state index is -3.56. The average Bonchev–Trinajstić information content (AvgIpc) is 2.66. The second-order valence-electron chi connectivity index (χ2n) is 6.00. The third-order valence-corrected chi connectivity index (χ3v) is 5.93. The van der Waals surface area contributed by atoms with Crippen LogP contribution in [0.1, 0.15) is 12.0 Å². The first-order chi connectivity index (χ1) is 12.2. The Morgan fingerprint density at radius 2 is 1.85 bits per heavy atom. The van der Waals surface area contributed by atoms with Crippen molar-refractivity contribution in [2.45, 2.75) is 23.7 Å². The van der Waals surface area contributed by atoms with Gasteiger partial charge >= 0.3 is 0 Å². The van der Waals surface area contributed by atoms with E-state index in [2.05, 4.69) is 5.32 Å². The molecule has 0 radical (unpaired) electrons. The van der Waals surface area contributed by atoms with Gasteiger partial charge in [-0.25, -0.2) is 17.2 Å². The number of hydrogen-bond acceptors (Lipinski definition) is 5. The molecule has 2 rings (SSSR count). The molecule has 0 saturated carbocycles. The summed E-state index contributed by atoms with van der Waals surface area (Å²) in [5.41, 5.74) is 5.64. The molecular weight excluding hydrogens is 368 g/mol. The van der Waals surface area contributed by atoms with Gasteiger partial charge in [0, 0.05) is 19.5 Å². The van der Waals surface area contributed by atoms with Gasteiger partial charge < -0.3 is 15.8 Å². The predicted molar refractivity (Wildman–Crippen MR) is 91.4 cm³/mol. The number of hydrogen-bond donors (Lipinski definition) is 2. The highest BCUT2D eigenvalue weighted by molar-refractivity contribution is 7.89. The number of amides is 1. The largest absolute Gasteiger partial charge is 0.379 e. The fraction of sp³-hybridized carbons (Fsp3) is 0.562. The number of morpholine rings is 1. The van der Waals surface area contributed by atoms with Crippen molar-refractivity contribution in [1.82, 2.24) is 9.62 Å². The lowest BCUT2D eigenvalue weighted by molar-refractivity contribution is -0.122. The standard InChI is InChI=1S/C16H23F2N3O4S/c17-16(18,11-19)12-20-15(22)6-3-13-1-4-14(5-2-13)26(23,24)21-7-9-25-10-8-21/h1-2,4-5H,3,6-12,19H2,(H,20,22). The molecule has 0 unspecified atom stereocenters. The molecule has 0 aliphatic carbocycles. The molecule has 1 saturated heterocycles. The Morgan fingerprint density at radius 3 is 2.42 bits per heavy atom. The summed E-state index contributed by atoms with van der Waals surface area (Å²) in [6, 6.07) is 6.21. The summed E-state index contributed by atoms with van der Waals surface area (Å²) >= 11 is 0. The average molecular weight is 391 g/mol. The summed E-state index contributed by atoms with van der Waals surface area (Å²) in [6.07, 6.45) is 0.341. The van der Waals surface area contributed by atoms with Crippen molar-refractivity contribution in [2.75, 3.05) is 39.4 Å². The second kappa shape index (κ2) is 8.85. The molecule has 26 heavy (non-hydrogen) atoms. The van der Waals surface area contributed by atoms with Crippen LogP contribution in [0, 0.1) is 0 Å². The van der Waals surface area contributed by atoms with Crippen molar-refractivity contribution < 1.29 is 26.7 Å². The number of sulfonamides is 1. The second-order valence-corrected chi connectivity index (χ2v) is 7.94. The van der Waals surface area contributed by atoms with Gasteiger partial charge in [0.15, 0.2) is 0 Å². The topological polar surface area (TPSA) is 102 Å². The van der Waals surface area contributed by atoms with Crippen molar-refractivity contribution in [2.24, 2.45) is 5.73 Å². The fourth-order valence-corrected chi connectivity index (χ4v) is 3.82. The molecule has 1 aliphatic heterocycles. The van der Waals surface area contributed by atoms with Crippen LogP contribution < -0.4 is 11.1 Å². The number of nitrogens with two attached hydrogens (primary N) is 1. The highest BCUT2D eigenvalue weighted by atomic mass is 32.2. The summed E-state index contributed by atoms with van der Waals surface area (Å²) < 4.78 is 57.5. The first kappa shape index (κ1) is 20.7. The SMILES string of the molecule is NCC(F)(F)CNC(=O)CCc1ccc(S(=O)(=O)N2CCOCC2)cc1. The van der Waals surface area contributed by atoms with E-state index in [1.54, 1.807) is 12.1 Å². The molecule has 0 aromatic heterocycles. The van der Waals surface area contributed by atoms with E-state index in [9.17, 15) is 22.0 Å². The molecule has 1 aromatic carbocycles. The summed E-state index contributed by atoms with van der Waals surface area (Å²) in [6.45, 7) is -0.244. The van der Waals surface area contributed by atoms with Gasteiger partial charge in [0.05, 0.1) is 31.2 Å². The van der Waals surface area contributed by atoms with Crippen LogP contribution in [0.2, 0.25) is 0 Å². The minimum absolute atomic E-state index is 0.0240. The number of ether oxygens (including phenoxy) is 1. The molecule has 1 fully saturated rings. The molecule has 1 heterocycles. The zero-order chi connectivity index (χ0) is 19.2. The van der Waals surface area contributed by atoms with Crippen molar-refractivity contribution in [3.63, 3.8) is 0 Å². The van der Waals surface area contributed by atoms with E-state index in [0.717, 1.165) is 5.56 Å². The van der Waals surface area contributed by atoms with Crippen LogP contribution in [0.3, 0.4) is 0 Å². The monoisotopic (exact) mass is 391 g/mol. The van der Waals surface area contributed by atoms with Crippen molar-refractivity contribution in [3.8, 4) is 0 Å². The normalized spacial score (nSPS) is 16.4. The molecule has 0 atom stereocenters. The molecule has 3 N–H and O–H groups in total. The Bertz CT molecular complexity index is 705. The van der Waals surface area contributed by atoms with Crippen LogP contribution in [-0.2, 0) is 26.0 Å². The van der Waals surface area contributed by atoms with Crippen LogP contribution in [-0.4, -0.2) is 63.9 Å². The van der Waals surface area contributed by atoms with Gasteiger partial charge in [0.2, 0.25) is 15.9 Å². The lowest BCUT2D eigenvalue weighted by Gasteiger charge is -2.26. The Kier molecular flexibility index (Phi) is 7.04. The molecule has 146 valence electrons. The van der Waals surface area contributed by atoms with Gasteiger partial charge in [0.1, 0.15) is 0 Å². The van der Waals surface area contributed by atoms with Gasteiger partial charge in [-0.2, -0.15) is 4.31 Å². The number of nitrogens with one attached hydrogen (secondary N) is 1. The lowest BCUT2D eigenvalue weighted by Crippen LogP contribution is -2.41. The summed E-state index contributed by atoms with van der Waals surface area (Å²) in [5, 5.41) is 2.14. The molecule has 10 heteroatoms. The molecule has 1 aliphatic rings. The summed E-state index contributed by atoms with van der Waals surface area (Å²) in [4.78, 5) is 11.8. The molecule has 0 spiro atoms. The first-order valence-electron chi connectivity index (χ1n) is 8.26. The van der Waals surface area contributed by atoms with E-state index >= 15 is 0 Å². The van der Waals surface area contributed by atoms with E-state index in [-0.39, 0.29) is 11.3 Å². The molecule has 1 amide bonds. The maximum absolute atomic E-state index is 13.0. The number of benzene rings is 1. The first-order valence-corrected chi connectivity index (χ1v) is 9.70. The molecule has 0 bridgehead atoms. The number of aryl methyl sites for hydroxylation is 1. The third kappa shape index (κ3) is 5.70. The van der Waals surface area contributed by atoms with E-state index in [1.165, 1.54) is 16.4 Å². The Labute approximate surface area is 151 Å². The zero-order valence-electron chi connectivity index (χ0n) is 14.3. The highest BCUT2D eigenvalue weighted by Crippen LogP contribution is 2.18. The van der Waals surface area contributed by atoms with Crippen LogP contribution >= 0.6 is 0 Å². The van der Waals surface area contributed by atoms with Crippen LogP contribution in [0.4, 0.5) is 8.78 Å². The summed E-state index contributed by atoms with van der Waals surface area (Å²) in [7, 11) is -3.56. The number of alkyl halides is 2. The van der Waals surface area contributed by atoms with Gasteiger partial charge in [-0.05, 0) is 24.1 Å². The number of rotatable bonds is 8. The minimum Gasteiger partial charge on any atom is -0.379 e. The maximum atomic E-state index is 13.0. The van der Waals surface area contributed by atoms with Crippen LogP contribution in [0.5, 0.6) is 0 Å². The van der Waals surface area contributed by atoms with Crippen molar-refractivity contribution in [3.05, 3.63) is 29.8 Å². The van der Waals surface area contributed by atoms with Gasteiger partial charge in [-0.3, -0.25) is 4.79 Å². The third-order valence-electron chi connectivity index (χ3n) is 4.01. The fourth-order valence-electron chi connectivity index (χ4n) is 2.41. The van der Waals surface area contributed by atoms with E-state index in [1.807, 2.05) is 0 Å². The molecule has 1 aromatic rings. The van der Waals surface area contributed by atoms with E-state index in [0.29, 0.717) is 32.7 Å². The van der Waals surface area contributed by atoms with Crippen LogP contribution in [0.15, 0.2) is 29.2 Å². The molecular formula is C16H23F2N3O4S. The van der Waals surface area contributed by atoms with Gasteiger partial charge in [0.25, 0.3) is 5.92 Å². The van der Waals surface area contributed by atoms with Crippen molar-refractivity contribution >= 4 is 15.9 Å². The van der Waals surface area contributed by atoms with Crippen molar-refractivity contribution in [1.29, 1.82) is 0 Å². The maximum Gasteiger partial charge on any atom is 0.277 e. The Morgan fingerprint density at radius 1 is 1.23 bits per heavy atom. The zero-order valence-corrected chi connectivity index (χ0v) is 15.1. The predicted octanol–water partition coefficient (Wildman–Crippen LogP) is 0.350. The lowest BCUT2D eigenvalue weighted by atomic mass is 10.1. The quantitative estimate of drug-likeness (QED) is 0.666. The summed E-state index contributed by atoms with van der Waals surface area (Å²) in [5.74, 6) is -3.63. The van der Waals surface area contributed by atoms with Crippen LogP contribution in [0.25, 0.3) is 0 Å². The number of carbonyl (C=O) groups excluding carboxylic acids is 1. The number of nitrogens with zero attached hydrogens (tertiary/aromatic N) is 1. The number of carbonyl (C=O) groups is 1. The Hall–Kier alpha value is -1.62.